The molecule has 4 heteroatoms. The standard InChI is InChI=1S/C3H4ClN3/c4-1-3-5-2-6-7-3/h2-3H,1H2. The summed E-state index contributed by atoms with van der Waals surface area (Å²) < 4.78 is 0. The molecule has 1 atom stereocenters. The van der Waals surface area contributed by atoms with Gasteiger partial charge >= 0.3 is 0 Å². The van der Waals surface area contributed by atoms with Crippen LogP contribution in [-0.2, 0) is 0 Å². The van der Waals surface area contributed by atoms with E-state index in [-0.39, 0.29) is 6.17 Å². The number of hydrogen-bond donors (Lipinski definition) is 0. The Morgan fingerprint density at radius 2 is 2.57 bits per heavy atom. The maximum Gasteiger partial charge on any atom is 0.176 e. The molecule has 0 aromatic heterocycles. The molecule has 0 bridgehead atoms. The highest BCUT2D eigenvalue weighted by Crippen LogP contribution is 2.00. The van der Waals surface area contributed by atoms with Crippen LogP contribution in [0.1, 0.15) is 0 Å². The number of nitrogens with zero attached hydrogens (tertiary/aromatic N) is 3. The maximum absolute atomic E-state index is 5.34. The SMILES string of the molecule is ClCC1N=CN=N1. The molecule has 7 heavy (non-hydrogen) atoms. The van der Waals surface area contributed by atoms with Gasteiger partial charge in [0.2, 0.25) is 0 Å². The summed E-state index contributed by atoms with van der Waals surface area (Å²) in [5.74, 6) is 0.431. The molecule has 1 heterocycles. The van der Waals surface area contributed by atoms with Crippen molar-refractivity contribution >= 4 is 17.9 Å². The normalized spacial score (nSPS) is 26.7. The van der Waals surface area contributed by atoms with Crippen LogP contribution in [0.15, 0.2) is 15.2 Å². The smallest absolute Gasteiger partial charge is 0.176 e. The van der Waals surface area contributed by atoms with Crippen molar-refractivity contribution in [1.29, 1.82) is 0 Å². The van der Waals surface area contributed by atoms with Crippen LogP contribution in [0.25, 0.3) is 0 Å². The fraction of sp³-hybridized carbons (Fsp3) is 0.667. The molecule has 3 nitrogen and oxygen atoms in total. The van der Waals surface area contributed by atoms with Gasteiger partial charge in [0.1, 0.15) is 6.34 Å². The van der Waals surface area contributed by atoms with Crippen molar-refractivity contribution in [2.24, 2.45) is 15.2 Å². The molecular formula is C3H4ClN3. The molecule has 0 saturated heterocycles. The fourth-order valence-corrected chi connectivity index (χ4v) is 0.455. The Balaban J connectivity index is 2.44. The first-order valence-electron chi connectivity index (χ1n) is 1.91. The summed E-state index contributed by atoms with van der Waals surface area (Å²) in [6.07, 6.45) is 1.30. The van der Waals surface area contributed by atoms with Crippen LogP contribution in [0, 0.1) is 0 Å². The first-order valence-corrected chi connectivity index (χ1v) is 2.44. The second-order valence-corrected chi connectivity index (χ2v) is 1.44. The van der Waals surface area contributed by atoms with Crippen LogP contribution in [0.2, 0.25) is 0 Å². The number of hydrogen-bond acceptors (Lipinski definition) is 3. The Morgan fingerprint density at radius 1 is 1.71 bits per heavy atom. The van der Waals surface area contributed by atoms with Gasteiger partial charge in [0.05, 0.1) is 5.88 Å². The third kappa shape index (κ3) is 0.962. The van der Waals surface area contributed by atoms with E-state index >= 15 is 0 Å². The largest absolute Gasteiger partial charge is 0.242 e. The van der Waals surface area contributed by atoms with Gasteiger partial charge in [0.15, 0.2) is 6.17 Å². The molecule has 0 saturated carbocycles. The maximum atomic E-state index is 5.34. The van der Waals surface area contributed by atoms with E-state index in [9.17, 15) is 0 Å². The molecule has 38 valence electrons. The molecule has 0 N–H and O–H groups in total. The predicted molar refractivity (Wildman–Crippen MR) is 27.9 cm³/mol. The van der Waals surface area contributed by atoms with Crippen molar-refractivity contribution in [2.45, 2.75) is 6.17 Å². The molecule has 1 aliphatic rings. The number of alkyl halides is 1. The molecule has 0 amide bonds. The number of halogens is 1. The van der Waals surface area contributed by atoms with E-state index in [2.05, 4.69) is 15.2 Å². The zero-order valence-corrected chi connectivity index (χ0v) is 4.34. The second-order valence-electron chi connectivity index (χ2n) is 1.13. The first kappa shape index (κ1) is 4.71. The molecule has 0 aromatic rings. The monoisotopic (exact) mass is 117 g/mol. The van der Waals surface area contributed by atoms with Gasteiger partial charge in [-0.3, -0.25) is 0 Å². The topological polar surface area (TPSA) is 37.1 Å². The average molecular weight is 118 g/mol. The lowest BCUT2D eigenvalue weighted by atomic mass is 10.6. The van der Waals surface area contributed by atoms with Gasteiger partial charge in [0, 0.05) is 0 Å². The Hall–Kier alpha value is -0.440. The van der Waals surface area contributed by atoms with Gasteiger partial charge in [-0.25, -0.2) is 4.99 Å². The Kier molecular flexibility index (Phi) is 1.36. The molecule has 0 aliphatic carbocycles. The van der Waals surface area contributed by atoms with Crippen LogP contribution in [-0.4, -0.2) is 18.4 Å². The zero-order valence-electron chi connectivity index (χ0n) is 3.58. The summed E-state index contributed by atoms with van der Waals surface area (Å²) >= 11 is 5.34. The van der Waals surface area contributed by atoms with Crippen molar-refractivity contribution in [2.75, 3.05) is 5.88 Å². The summed E-state index contributed by atoms with van der Waals surface area (Å²) in [6, 6.07) is 0. The van der Waals surface area contributed by atoms with Crippen molar-refractivity contribution in [3.63, 3.8) is 0 Å². The molecule has 0 fully saturated rings. The van der Waals surface area contributed by atoms with E-state index in [1.165, 1.54) is 6.34 Å². The van der Waals surface area contributed by atoms with E-state index in [0.29, 0.717) is 5.88 Å². The number of aliphatic imine (C=N–C) groups is 1. The van der Waals surface area contributed by atoms with Crippen molar-refractivity contribution in [3.05, 3.63) is 0 Å². The van der Waals surface area contributed by atoms with Gasteiger partial charge < -0.3 is 0 Å². The first-order chi connectivity index (χ1) is 3.43. The second kappa shape index (κ2) is 2.02. The third-order valence-electron chi connectivity index (χ3n) is 0.628. The molecular weight excluding hydrogens is 114 g/mol. The van der Waals surface area contributed by atoms with Gasteiger partial charge in [-0.1, -0.05) is 0 Å². The van der Waals surface area contributed by atoms with Crippen molar-refractivity contribution in [3.8, 4) is 0 Å². The van der Waals surface area contributed by atoms with E-state index < -0.39 is 0 Å². The van der Waals surface area contributed by atoms with E-state index in [1.54, 1.807) is 0 Å². The summed E-state index contributed by atoms with van der Waals surface area (Å²) in [4.78, 5) is 3.76. The fourth-order valence-electron chi connectivity index (χ4n) is 0.314. The van der Waals surface area contributed by atoms with Crippen LogP contribution < -0.4 is 0 Å². The average Bonchev–Trinajstić information content (AvgIpc) is 2.14. The van der Waals surface area contributed by atoms with Gasteiger partial charge in [-0.15, -0.1) is 16.7 Å². The van der Waals surface area contributed by atoms with E-state index in [4.69, 9.17) is 11.6 Å². The van der Waals surface area contributed by atoms with Crippen LogP contribution in [0.4, 0.5) is 0 Å². The highest BCUT2D eigenvalue weighted by Gasteiger charge is 2.02. The Morgan fingerprint density at radius 3 is 2.86 bits per heavy atom. The lowest BCUT2D eigenvalue weighted by molar-refractivity contribution is 0.795. The summed E-state index contributed by atoms with van der Waals surface area (Å²) in [7, 11) is 0. The number of rotatable bonds is 1. The summed E-state index contributed by atoms with van der Waals surface area (Å²) in [5.41, 5.74) is 0. The van der Waals surface area contributed by atoms with Crippen LogP contribution >= 0.6 is 11.6 Å². The van der Waals surface area contributed by atoms with E-state index in [1.807, 2.05) is 0 Å². The molecule has 0 radical (unpaired) electrons. The highest BCUT2D eigenvalue weighted by molar-refractivity contribution is 6.18. The number of azo groups is 1. The highest BCUT2D eigenvalue weighted by atomic mass is 35.5. The van der Waals surface area contributed by atoms with Gasteiger partial charge in [0.25, 0.3) is 0 Å². The minimum atomic E-state index is -0.110. The van der Waals surface area contributed by atoms with Gasteiger partial charge in [-0.05, 0) is 0 Å². The Labute approximate surface area is 46.1 Å². The third-order valence-corrected chi connectivity index (χ3v) is 0.904. The van der Waals surface area contributed by atoms with Crippen LogP contribution in [0.3, 0.4) is 0 Å². The minimum Gasteiger partial charge on any atom is -0.242 e. The molecule has 0 aromatic carbocycles. The Bertz CT molecular complexity index is 96.7. The summed E-state index contributed by atoms with van der Waals surface area (Å²) in [6.45, 7) is 0. The van der Waals surface area contributed by atoms with Crippen LogP contribution in [0.5, 0.6) is 0 Å². The van der Waals surface area contributed by atoms with Crippen molar-refractivity contribution in [1.82, 2.24) is 0 Å². The predicted octanol–water partition coefficient (Wildman–Crippen LogP) is 1.05. The zero-order chi connectivity index (χ0) is 5.11. The molecule has 1 rings (SSSR count). The van der Waals surface area contributed by atoms with E-state index in [0.717, 1.165) is 0 Å². The lowest BCUT2D eigenvalue weighted by Crippen LogP contribution is -1.95. The molecule has 1 unspecified atom stereocenters. The van der Waals surface area contributed by atoms with Crippen molar-refractivity contribution < 1.29 is 0 Å². The lowest BCUT2D eigenvalue weighted by Gasteiger charge is -1.88. The minimum absolute atomic E-state index is 0.110. The molecule has 0 spiro atoms. The van der Waals surface area contributed by atoms with Gasteiger partial charge in [-0.2, -0.15) is 5.11 Å². The summed E-state index contributed by atoms with van der Waals surface area (Å²) in [5, 5.41) is 7.11. The quantitative estimate of drug-likeness (QED) is 0.461. The molecule has 1 aliphatic heterocycles.